The monoisotopic (exact) mass is 235 g/mol. The van der Waals surface area contributed by atoms with Crippen LogP contribution >= 0.6 is 0 Å². The topological polar surface area (TPSA) is 21.3 Å². The lowest BCUT2D eigenvalue weighted by Crippen LogP contribution is -2.18. The number of hydrogen-bond donors (Lipinski definition) is 1. The first-order valence-corrected chi connectivity index (χ1v) is 5.63. The number of benzene rings is 1. The van der Waals surface area contributed by atoms with Crippen LogP contribution in [0.2, 0.25) is 0 Å². The molecular weight excluding hydrogens is 217 g/mol. The summed E-state index contributed by atoms with van der Waals surface area (Å²) < 4.78 is 19.0. The summed E-state index contributed by atoms with van der Waals surface area (Å²) in [5.41, 5.74) is 0.579. The molecule has 3 heteroatoms. The van der Waals surface area contributed by atoms with E-state index in [-0.39, 0.29) is 11.9 Å². The van der Waals surface area contributed by atoms with Crippen LogP contribution in [0.15, 0.2) is 18.2 Å². The summed E-state index contributed by atoms with van der Waals surface area (Å²) in [5, 5.41) is 3.11. The van der Waals surface area contributed by atoms with Gasteiger partial charge in [-0.15, -0.1) is 11.8 Å². The van der Waals surface area contributed by atoms with Crippen LogP contribution in [0.4, 0.5) is 4.39 Å². The summed E-state index contributed by atoms with van der Waals surface area (Å²) in [6.07, 6.45) is 1.49. The molecule has 1 unspecified atom stereocenters. The first-order valence-electron chi connectivity index (χ1n) is 5.63. The predicted molar refractivity (Wildman–Crippen MR) is 67.4 cm³/mol. The predicted octanol–water partition coefficient (Wildman–Crippen LogP) is 2.90. The van der Waals surface area contributed by atoms with Gasteiger partial charge >= 0.3 is 0 Å². The van der Waals surface area contributed by atoms with Gasteiger partial charge in [0.1, 0.15) is 11.6 Å². The van der Waals surface area contributed by atoms with Crippen LogP contribution in [0.5, 0.6) is 5.75 Å². The van der Waals surface area contributed by atoms with Gasteiger partial charge in [0.15, 0.2) is 0 Å². The highest BCUT2D eigenvalue weighted by molar-refractivity contribution is 5.37. The third-order valence-corrected chi connectivity index (χ3v) is 2.66. The van der Waals surface area contributed by atoms with Crippen LogP contribution in [0.1, 0.15) is 31.4 Å². The second-order valence-corrected chi connectivity index (χ2v) is 3.66. The average molecular weight is 235 g/mol. The molecule has 0 aromatic heterocycles. The number of hydrogen-bond acceptors (Lipinski definition) is 2. The summed E-state index contributed by atoms with van der Waals surface area (Å²) in [6.45, 7) is 1.80. The van der Waals surface area contributed by atoms with Gasteiger partial charge in [-0.25, -0.2) is 4.39 Å². The number of methoxy groups -OCH3 is 1. The minimum atomic E-state index is -0.242. The molecule has 92 valence electrons. The molecular formula is C14H18FNO. The number of halogens is 1. The molecule has 0 radical (unpaired) electrons. The minimum Gasteiger partial charge on any atom is -0.496 e. The highest BCUT2D eigenvalue weighted by atomic mass is 19.1. The summed E-state index contributed by atoms with van der Waals surface area (Å²) in [7, 11) is 3.37. The van der Waals surface area contributed by atoms with Crippen molar-refractivity contribution in [1.82, 2.24) is 5.32 Å². The standard InChI is InChI=1S/C14H18FNO/c1-4-5-6-9-12(16-2)14-11(15)8-7-10-13(14)17-3/h7-8,10,12,16H,6,9H2,1-3H3. The highest BCUT2D eigenvalue weighted by Crippen LogP contribution is 2.30. The number of ether oxygens (including phenoxy) is 1. The Morgan fingerprint density at radius 1 is 1.47 bits per heavy atom. The number of rotatable bonds is 5. The van der Waals surface area contributed by atoms with E-state index in [1.807, 2.05) is 7.05 Å². The summed E-state index contributed by atoms with van der Waals surface area (Å²) in [6, 6.07) is 4.80. The second-order valence-electron chi connectivity index (χ2n) is 3.66. The Labute approximate surface area is 102 Å². The van der Waals surface area contributed by atoms with E-state index in [4.69, 9.17) is 4.74 Å². The average Bonchev–Trinajstić information content (AvgIpc) is 2.35. The Morgan fingerprint density at radius 3 is 2.82 bits per heavy atom. The van der Waals surface area contributed by atoms with E-state index in [0.717, 1.165) is 12.8 Å². The molecule has 1 N–H and O–H groups in total. The van der Waals surface area contributed by atoms with Crippen LogP contribution in [-0.4, -0.2) is 14.2 Å². The zero-order chi connectivity index (χ0) is 12.7. The quantitative estimate of drug-likeness (QED) is 0.792. The van der Waals surface area contributed by atoms with Gasteiger partial charge in [-0.2, -0.15) is 0 Å². The molecule has 0 aliphatic heterocycles. The van der Waals surface area contributed by atoms with E-state index in [0.29, 0.717) is 11.3 Å². The van der Waals surface area contributed by atoms with Crippen LogP contribution in [0.25, 0.3) is 0 Å². The van der Waals surface area contributed by atoms with Gasteiger partial charge in [-0.1, -0.05) is 6.07 Å². The Bertz CT molecular complexity index is 420. The summed E-state index contributed by atoms with van der Waals surface area (Å²) in [4.78, 5) is 0. The van der Waals surface area contributed by atoms with E-state index in [2.05, 4.69) is 17.2 Å². The Balaban J connectivity index is 2.96. The highest BCUT2D eigenvalue weighted by Gasteiger charge is 2.18. The van der Waals surface area contributed by atoms with E-state index in [1.165, 1.54) is 6.07 Å². The molecule has 1 atom stereocenters. The van der Waals surface area contributed by atoms with Gasteiger partial charge in [0.25, 0.3) is 0 Å². The van der Waals surface area contributed by atoms with Crippen molar-refractivity contribution in [3.05, 3.63) is 29.6 Å². The van der Waals surface area contributed by atoms with Crippen molar-refractivity contribution < 1.29 is 9.13 Å². The molecule has 0 fully saturated rings. The van der Waals surface area contributed by atoms with Gasteiger partial charge in [-0.05, 0) is 32.5 Å². The zero-order valence-electron chi connectivity index (χ0n) is 10.5. The van der Waals surface area contributed by atoms with Crippen molar-refractivity contribution in [3.63, 3.8) is 0 Å². The zero-order valence-corrected chi connectivity index (χ0v) is 10.5. The van der Waals surface area contributed by atoms with Crippen molar-refractivity contribution in [2.45, 2.75) is 25.8 Å². The SMILES string of the molecule is CC#CCCC(NC)c1c(F)cccc1OC. The van der Waals surface area contributed by atoms with Crippen LogP contribution in [0.3, 0.4) is 0 Å². The smallest absolute Gasteiger partial charge is 0.131 e. The van der Waals surface area contributed by atoms with E-state index >= 15 is 0 Å². The van der Waals surface area contributed by atoms with E-state index in [9.17, 15) is 4.39 Å². The molecule has 2 nitrogen and oxygen atoms in total. The molecule has 0 heterocycles. The molecule has 0 aliphatic rings. The minimum absolute atomic E-state index is 0.0769. The lowest BCUT2D eigenvalue weighted by Gasteiger charge is -2.19. The molecule has 1 rings (SSSR count). The first kappa shape index (κ1) is 13.5. The van der Waals surface area contributed by atoms with Gasteiger partial charge in [0.2, 0.25) is 0 Å². The van der Waals surface area contributed by atoms with Gasteiger partial charge in [0, 0.05) is 18.0 Å². The first-order chi connectivity index (χ1) is 8.24. The van der Waals surface area contributed by atoms with Crippen LogP contribution in [-0.2, 0) is 0 Å². The summed E-state index contributed by atoms with van der Waals surface area (Å²) in [5.74, 6) is 6.16. The summed E-state index contributed by atoms with van der Waals surface area (Å²) >= 11 is 0. The molecule has 1 aromatic rings. The fourth-order valence-electron chi connectivity index (χ4n) is 1.81. The largest absolute Gasteiger partial charge is 0.496 e. The van der Waals surface area contributed by atoms with Crippen molar-refractivity contribution in [3.8, 4) is 17.6 Å². The maximum absolute atomic E-state index is 13.8. The fourth-order valence-corrected chi connectivity index (χ4v) is 1.81. The van der Waals surface area contributed by atoms with Crippen molar-refractivity contribution in [2.75, 3.05) is 14.2 Å². The Morgan fingerprint density at radius 2 is 2.24 bits per heavy atom. The molecule has 0 saturated carbocycles. The lowest BCUT2D eigenvalue weighted by molar-refractivity contribution is 0.390. The van der Waals surface area contributed by atoms with E-state index < -0.39 is 0 Å². The molecule has 0 saturated heterocycles. The van der Waals surface area contributed by atoms with Gasteiger partial charge in [0.05, 0.1) is 7.11 Å². The molecule has 17 heavy (non-hydrogen) atoms. The van der Waals surface area contributed by atoms with Crippen LogP contribution < -0.4 is 10.1 Å². The van der Waals surface area contributed by atoms with Crippen molar-refractivity contribution in [2.24, 2.45) is 0 Å². The van der Waals surface area contributed by atoms with Gasteiger partial charge < -0.3 is 10.1 Å². The number of nitrogens with one attached hydrogen (secondary N) is 1. The Kier molecular flexibility index (Phi) is 5.51. The molecule has 1 aromatic carbocycles. The maximum atomic E-state index is 13.8. The molecule has 0 aliphatic carbocycles. The van der Waals surface area contributed by atoms with Gasteiger partial charge in [-0.3, -0.25) is 0 Å². The molecule has 0 bridgehead atoms. The van der Waals surface area contributed by atoms with Crippen molar-refractivity contribution in [1.29, 1.82) is 0 Å². The third kappa shape index (κ3) is 3.47. The maximum Gasteiger partial charge on any atom is 0.131 e. The molecule has 0 amide bonds. The van der Waals surface area contributed by atoms with E-state index in [1.54, 1.807) is 26.2 Å². The normalized spacial score (nSPS) is 11.5. The molecule has 0 spiro atoms. The fraction of sp³-hybridized carbons (Fsp3) is 0.429. The third-order valence-electron chi connectivity index (χ3n) is 2.66. The lowest BCUT2D eigenvalue weighted by atomic mass is 10.0. The van der Waals surface area contributed by atoms with Crippen molar-refractivity contribution >= 4 is 0 Å². The van der Waals surface area contributed by atoms with Crippen LogP contribution in [0, 0.1) is 17.7 Å². The second kappa shape index (κ2) is 6.93. The Hall–Kier alpha value is -1.53.